The molecule has 0 aromatic heterocycles. The maximum Gasteiger partial charge on any atom is 0.243 e. The molecule has 110 valence electrons. The van der Waals surface area contributed by atoms with Crippen LogP contribution < -0.4 is 10.1 Å². The van der Waals surface area contributed by atoms with Gasteiger partial charge in [-0.1, -0.05) is 12.8 Å². The van der Waals surface area contributed by atoms with Crippen molar-refractivity contribution in [3.05, 3.63) is 18.2 Å². The first-order valence-electron chi connectivity index (χ1n) is 7.19. The summed E-state index contributed by atoms with van der Waals surface area (Å²) in [6.45, 7) is 2.58. The molecule has 1 fully saturated rings. The summed E-state index contributed by atoms with van der Waals surface area (Å²) < 4.78 is 32.5. The van der Waals surface area contributed by atoms with Crippen molar-refractivity contribution in [3.8, 4) is 5.75 Å². The third kappa shape index (κ3) is 2.62. The molecule has 1 aromatic carbocycles. The molecule has 0 spiro atoms. The van der Waals surface area contributed by atoms with E-state index in [1.54, 1.807) is 22.5 Å². The second-order valence-corrected chi connectivity index (χ2v) is 7.19. The van der Waals surface area contributed by atoms with Crippen LogP contribution in [0.15, 0.2) is 23.1 Å². The first kappa shape index (κ1) is 13.7. The van der Waals surface area contributed by atoms with Crippen LogP contribution in [0, 0.1) is 0 Å². The minimum absolute atomic E-state index is 0.358. The van der Waals surface area contributed by atoms with E-state index in [1.807, 2.05) is 0 Å². The number of anilines is 1. The second-order valence-electron chi connectivity index (χ2n) is 5.25. The van der Waals surface area contributed by atoms with E-state index in [0.717, 1.165) is 37.1 Å². The van der Waals surface area contributed by atoms with E-state index >= 15 is 0 Å². The van der Waals surface area contributed by atoms with Crippen LogP contribution in [0.5, 0.6) is 5.75 Å². The normalized spacial score (nSPS) is 20.4. The number of nitrogens with one attached hydrogen (secondary N) is 1. The quantitative estimate of drug-likeness (QED) is 0.907. The highest BCUT2D eigenvalue weighted by atomic mass is 32.2. The van der Waals surface area contributed by atoms with Gasteiger partial charge in [0.05, 0.1) is 10.6 Å². The Hall–Kier alpha value is -1.27. The third-order valence-electron chi connectivity index (χ3n) is 3.83. The molecule has 1 saturated heterocycles. The van der Waals surface area contributed by atoms with Crippen LogP contribution in [0.2, 0.25) is 0 Å². The molecule has 2 aliphatic rings. The summed E-state index contributed by atoms with van der Waals surface area (Å²) in [7, 11) is -3.38. The molecule has 0 saturated carbocycles. The highest BCUT2D eigenvalue weighted by molar-refractivity contribution is 7.89. The Balaban J connectivity index is 1.90. The molecule has 0 radical (unpaired) electrons. The molecule has 1 aromatic rings. The lowest BCUT2D eigenvalue weighted by Crippen LogP contribution is -2.32. The van der Waals surface area contributed by atoms with Gasteiger partial charge in [0.15, 0.2) is 0 Å². The zero-order chi connectivity index (χ0) is 14.0. The Bertz CT molecular complexity index is 578. The highest BCUT2D eigenvalue weighted by Crippen LogP contribution is 2.31. The summed E-state index contributed by atoms with van der Waals surface area (Å²) >= 11 is 0. The van der Waals surface area contributed by atoms with E-state index in [0.29, 0.717) is 31.1 Å². The number of nitrogens with zero attached hydrogens (tertiary/aromatic N) is 1. The molecular weight excluding hydrogens is 276 g/mol. The fraction of sp³-hybridized carbons (Fsp3) is 0.571. The number of hydrogen-bond donors (Lipinski definition) is 1. The lowest BCUT2D eigenvalue weighted by atomic mass is 10.2. The van der Waals surface area contributed by atoms with Crippen molar-refractivity contribution in [1.29, 1.82) is 0 Å². The van der Waals surface area contributed by atoms with Gasteiger partial charge in [0.2, 0.25) is 10.0 Å². The average molecular weight is 296 g/mol. The van der Waals surface area contributed by atoms with E-state index in [2.05, 4.69) is 5.32 Å². The summed E-state index contributed by atoms with van der Waals surface area (Å²) in [6.07, 6.45) is 4.13. The SMILES string of the molecule is O=S(=O)(c1ccc2c(c1)NCCO2)N1CCCCCC1. The van der Waals surface area contributed by atoms with E-state index in [9.17, 15) is 8.42 Å². The maximum atomic E-state index is 12.7. The fourth-order valence-corrected chi connectivity index (χ4v) is 4.26. The number of benzene rings is 1. The lowest BCUT2D eigenvalue weighted by molar-refractivity contribution is 0.323. The number of hydrogen-bond acceptors (Lipinski definition) is 4. The van der Waals surface area contributed by atoms with Gasteiger partial charge in [-0.3, -0.25) is 0 Å². The Labute approximate surface area is 120 Å². The predicted molar refractivity (Wildman–Crippen MR) is 77.7 cm³/mol. The van der Waals surface area contributed by atoms with Gasteiger partial charge in [0, 0.05) is 19.6 Å². The van der Waals surface area contributed by atoms with Crippen LogP contribution in [-0.2, 0) is 10.0 Å². The van der Waals surface area contributed by atoms with Crippen molar-refractivity contribution in [1.82, 2.24) is 4.31 Å². The lowest BCUT2D eigenvalue weighted by Gasteiger charge is -2.23. The summed E-state index contributed by atoms with van der Waals surface area (Å²) in [4.78, 5) is 0.358. The summed E-state index contributed by atoms with van der Waals surface area (Å²) in [6, 6.07) is 5.08. The van der Waals surface area contributed by atoms with Gasteiger partial charge >= 0.3 is 0 Å². The molecule has 0 bridgehead atoms. The van der Waals surface area contributed by atoms with Crippen LogP contribution in [0.3, 0.4) is 0 Å². The molecule has 20 heavy (non-hydrogen) atoms. The molecule has 0 amide bonds. The molecule has 3 rings (SSSR count). The number of rotatable bonds is 2. The van der Waals surface area contributed by atoms with Crippen molar-refractivity contribution < 1.29 is 13.2 Å². The molecule has 0 unspecified atom stereocenters. The predicted octanol–water partition coefficient (Wildman–Crippen LogP) is 2.06. The van der Waals surface area contributed by atoms with Gasteiger partial charge < -0.3 is 10.1 Å². The van der Waals surface area contributed by atoms with Crippen LogP contribution in [0.1, 0.15) is 25.7 Å². The molecule has 1 N–H and O–H groups in total. The highest BCUT2D eigenvalue weighted by Gasteiger charge is 2.26. The largest absolute Gasteiger partial charge is 0.490 e. The van der Waals surface area contributed by atoms with Crippen molar-refractivity contribution in [2.45, 2.75) is 30.6 Å². The standard InChI is InChI=1S/C14H20N2O3S/c17-20(18,16-8-3-1-2-4-9-16)12-5-6-14-13(11-12)15-7-10-19-14/h5-6,11,15H,1-4,7-10H2. The summed E-state index contributed by atoms with van der Waals surface area (Å²) in [5.74, 6) is 0.728. The molecule has 0 aliphatic carbocycles. The Morgan fingerprint density at radius 1 is 1.10 bits per heavy atom. The van der Waals surface area contributed by atoms with Crippen LogP contribution in [-0.4, -0.2) is 39.0 Å². The van der Waals surface area contributed by atoms with Gasteiger partial charge in [-0.25, -0.2) is 8.42 Å². The van der Waals surface area contributed by atoms with Crippen molar-refractivity contribution >= 4 is 15.7 Å². The van der Waals surface area contributed by atoms with Crippen molar-refractivity contribution in [3.63, 3.8) is 0 Å². The summed E-state index contributed by atoms with van der Waals surface area (Å²) in [5.41, 5.74) is 0.771. The van der Waals surface area contributed by atoms with Crippen LogP contribution in [0.4, 0.5) is 5.69 Å². The van der Waals surface area contributed by atoms with Gasteiger partial charge in [-0.05, 0) is 31.0 Å². The van der Waals surface area contributed by atoms with Gasteiger partial charge in [-0.2, -0.15) is 4.31 Å². The van der Waals surface area contributed by atoms with Crippen molar-refractivity contribution in [2.75, 3.05) is 31.6 Å². The third-order valence-corrected chi connectivity index (χ3v) is 5.72. The Kier molecular flexibility index (Phi) is 3.85. The minimum atomic E-state index is -3.38. The molecule has 2 aliphatic heterocycles. The number of sulfonamides is 1. The Morgan fingerprint density at radius 3 is 2.60 bits per heavy atom. The zero-order valence-electron chi connectivity index (χ0n) is 11.5. The smallest absolute Gasteiger partial charge is 0.243 e. The molecule has 2 heterocycles. The number of ether oxygens (including phenoxy) is 1. The minimum Gasteiger partial charge on any atom is -0.490 e. The van der Waals surface area contributed by atoms with Crippen LogP contribution in [0.25, 0.3) is 0 Å². The van der Waals surface area contributed by atoms with Gasteiger partial charge in [0.1, 0.15) is 12.4 Å². The maximum absolute atomic E-state index is 12.7. The molecule has 6 heteroatoms. The van der Waals surface area contributed by atoms with Gasteiger partial charge in [-0.15, -0.1) is 0 Å². The van der Waals surface area contributed by atoms with E-state index < -0.39 is 10.0 Å². The average Bonchev–Trinajstić information content (AvgIpc) is 2.76. The topological polar surface area (TPSA) is 58.6 Å². The number of fused-ring (bicyclic) bond motifs is 1. The monoisotopic (exact) mass is 296 g/mol. The Morgan fingerprint density at radius 2 is 1.85 bits per heavy atom. The van der Waals surface area contributed by atoms with Crippen molar-refractivity contribution in [2.24, 2.45) is 0 Å². The summed E-state index contributed by atoms with van der Waals surface area (Å²) in [5, 5.41) is 3.18. The van der Waals surface area contributed by atoms with Crippen LogP contribution >= 0.6 is 0 Å². The van der Waals surface area contributed by atoms with E-state index in [1.165, 1.54) is 0 Å². The molecule has 0 atom stereocenters. The fourth-order valence-electron chi connectivity index (χ4n) is 2.71. The molecule has 5 nitrogen and oxygen atoms in total. The second kappa shape index (κ2) is 5.61. The van der Waals surface area contributed by atoms with Gasteiger partial charge in [0.25, 0.3) is 0 Å². The molecular formula is C14H20N2O3S. The first-order valence-corrected chi connectivity index (χ1v) is 8.63. The first-order chi connectivity index (χ1) is 9.68. The van der Waals surface area contributed by atoms with E-state index in [4.69, 9.17) is 4.74 Å². The zero-order valence-corrected chi connectivity index (χ0v) is 12.3. The van der Waals surface area contributed by atoms with E-state index in [-0.39, 0.29) is 0 Å².